The number of aromatic nitrogens is 2. The molecular formula is C16H13ClFN3O2. The zero-order valence-electron chi connectivity index (χ0n) is 12.4. The molecule has 1 aromatic heterocycles. The summed E-state index contributed by atoms with van der Waals surface area (Å²) >= 11 is 5.80. The van der Waals surface area contributed by atoms with Gasteiger partial charge < -0.3 is 14.8 Å². The summed E-state index contributed by atoms with van der Waals surface area (Å²) in [6, 6.07) is 7.95. The van der Waals surface area contributed by atoms with Crippen molar-refractivity contribution in [2.24, 2.45) is 0 Å². The van der Waals surface area contributed by atoms with E-state index in [4.69, 9.17) is 21.1 Å². The highest BCUT2D eigenvalue weighted by molar-refractivity contribution is 6.31. The molecule has 0 spiro atoms. The highest BCUT2D eigenvalue weighted by atomic mass is 35.5. The zero-order chi connectivity index (χ0) is 16.4. The van der Waals surface area contributed by atoms with Crippen LogP contribution in [0.4, 0.5) is 15.9 Å². The number of anilines is 2. The Morgan fingerprint density at radius 3 is 2.52 bits per heavy atom. The van der Waals surface area contributed by atoms with Gasteiger partial charge in [-0.1, -0.05) is 11.6 Å². The minimum absolute atomic E-state index is 0.0300. The number of halogens is 2. The van der Waals surface area contributed by atoms with Crippen LogP contribution in [-0.2, 0) is 0 Å². The maximum Gasteiger partial charge on any atom is 0.161 e. The van der Waals surface area contributed by atoms with Crippen molar-refractivity contribution in [3.63, 3.8) is 0 Å². The Balaban J connectivity index is 2.08. The molecule has 0 amide bonds. The van der Waals surface area contributed by atoms with E-state index in [2.05, 4.69) is 15.5 Å². The summed E-state index contributed by atoms with van der Waals surface area (Å²) in [5.41, 5.74) is 0.605. The van der Waals surface area contributed by atoms with Gasteiger partial charge in [0.2, 0.25) is 0 Å². The summed E-state index contributed by atoms with van der Waals surface area (Å²) in [6.07, 6.45) is 1.63. The molecule has 0 saturated carbocycles. The molecule has 0 aliphatic heterocycles. The van der Waals surface area contributed by atoms with Crippen LogP contribution in [0.3, 0.4) is 0 Å². The Kier molecular flexibility index (Phi) is 4.16. The van der Waals surface area contributed by atoms with Crippen molar-refractivity contribution in [2.45, 2.75) is 0 Å². The van der Waals surface area contributed by atoms with Crippen molar-refractivity contribution in [3.05, 3.63) is 47.4 Å². The molecule has 7 heteroatoms. The second-order valence-corrected chi connectivity index (χ2v) is 5.15. The van der Waals surface area contributed by atoms with E-state index in [0.29, 0.717) is 23.0 Å². The summed E-state index contributed by atoms with van der Waals surface area (Å²) in [6.45, 7) is 0. The average molecular weight is 334 g/mol. The first-order chi connectivity index (χ1) is 11.1. The Morgan fingerprint density at radius 1 is 1.09 bits per heavy atom. The molecule has 0 unspecified atom stereocenters. The largest absolute Gasteiger partial charge is 0.493 e. The molecule has 5 nitrogen and oxygen atoms in total. The molecule has 1 N–H and O–H groups in total. The van der Waals surface area contributed by atoms with Gasteiger partial charge in [-0.3, -0.25) is 0 Å². The molecule has 3 aromatic rings. The third-order valence-corrected chi connectivity index (χ3v) is 3.64. The molecule has 1 heterocycles. The van der Waals surface area contributed by atoms with E-state index in [0.717, 1.165) is 10.8 Å². The van der Waals surface area contributed by atoms with Gasteiger partial charge in [0.05, 0.1) is 25.4 Å². The average Bonchev–Trinajstić information content (AvgIpc) is 2.57. The smallest absolute Gasteiger partial charge is 0.161 e. The maximum absolute atomic E-state index is 13.3. The minimum Gasteiger partial charge on any atom is -0.493 e. The molecule has 0 radical (unpaired) electrons. The summed E-state index contributed by atoms with van der Waals surface area (Å²) in [7, 11) is 3.13. The third kappa shape index (κ3) is 2.98. The number of hydrogen-bond acceptors (Lipinski definition) is 5. The molecule has 0 bridgehead atoms. The molecule has 0 aliphatic carbocycles. The van der Waals surface area contributed by atoms with Crippen LogP contribution in [-0.4, -0.2) is 24.4 Å². The second kappa shape index (κ2) is 6.26. The fourth-order valence-electron chi connectivity index (χ4n) is 2.21. The molecule has 3 rings (SSSR count). The topological polar surface area (TPSA) is 56.3 Å². The summed E-state index contributed by atoms with van der Waals surface area (Å²) < 4.78 is 23.8. The lowest BCUT2D eigenvalue weighted by molar-refractivity contribution is 0.356. The molecule has 23 heavy (non-hydrogen) atoms. The first-order valence-corrected chi connectivity index (χ1v) is 7.09. The summed E-state index contributed by atoms with van der Waals surface area (Å²) in [5.74, 6) is 1.20. The quantitative estimate of drug-likeness (QED) is 0.776. The normalized spacial score (nSPS) is 10.6. The maximum atomic E-state index is 13.3. The molecule has 0 atom stereocenters. The van der Waals surface area contributed by atoms with Crippen molar-refractivity contribution in [1.29, 1.82) is 0 Å². The monoisotopic (exact) mass is 333 g/mol. The molecule has 0 aliphatic rings. The van der Waals surface area contributed by atoms with Crippen molar-refractivity contribution in [2.75, 3.05) is 19.5 Å². The molecule has 2 aromatic carbocycles. The van der Waals surface area contributed by atoms with Crippen molar-refractivity contribution < 1.29 is 13.9 Å². The van der Waals surface area contributed by atoms with Crippen LogP contribution in [0.1, 0.15) is 0 Å². The van der Waals surface area contributed by atoms with E-state index >= 15 is 0 Å². The van der Waals surface area contributed by atoms with E-state index in [9.17, 15) is 4.39 Å². The summed E-state index contributed by atoms with van der Waals surface area (Å²) in [4.78, 5) is 0. The number of benzene rings is 2. The number of nitrogens with zero attached hydrogens (tertiary/aromatic N) is 2. The van der Waals surface area contributed by atoms with Crippen LogP contribution < -0.4 is 14.8 Å². The number of methoxy groups -OCH3 is 2. The lowest BCUT2D eigenvalue weighted by Crippen LogP contribution is -1.98. The SMILES string of the molecule is COc1cc2cnnc(Nc3ccc(F)c(Cl)c3)c2cc1OC. The van der Waals surface area contributed by atoms with Gasteiger partial charge in [-0.2, -0.15) is 5.10 Å². The lowest BCUT2D eigenvalue weighted by Gasteiger charge is -2.12. The Labute approximate surface area is 137 Å². The highest BCUT2D eigenvalue weighted by Crippen LogP contribution is 2.35. The fourth-order valence-corrected chi connectivity index (χ4v) is 2.39. The van der Waals surface area contributed by atoms with Gasteiger partial charge in [0, 0.05) is 16.5 Å². The Bertz CT molecular complexity index is 873. The number of nitrogens with one attached hydrogen (secondary N) is 1. The van der Waals surface area contributed by atoms with Gasteiger partial charge >= 0.3 is 0 Å². The van der Waals surface area contributed by atoms with Gasteiger partial charge in [0.1, 0.15) is 5.82 Å². The van der Waals surface area contributed by atoms with Crippen molar-refractivity contribution in [3.8, 4) is 11.5 Å². The predicted octanol–water partition coefficient (Wildman–Crippen LogP) is 4.18. The van der Waals surface area contributed by atoms with E-state index in [-0.39, 0.29) is 5.02 Å². The standard InChI is InChI=1S/C16H13ClFN3O2/c1-22-14-5-9-8-19-21-16(11(9)7-15(14)23-2)20-10-3-4-13(18)12(17)6-10/h3-8H,1-2H3,(H,20,21). The van der Waals surface area contributed by atoms with Crippen LogP contribution >= 0.6 is 11.6 Å². The number of rotatable bonds is 4. The number of fused-ring (bicyclic) bond motifs is 1. The molecule has 0 saturated heterocycles. The van der Waals surface area contributed by atoms with Crippen LogP contribution in [0, 0.1) is 5.82 Å². The molecule has 118 valence electrons. The molecular weight excluding hydrogens is 321 g/mol. The number of hydrogen-bond donors (Lipinski definition) is 1. The first-order valence-electron chi connectivity index (χ1n) is 6.72. The second-order valence-electron chi connectivity index (χ2n) is 4.74. The Morgan fingerprint density at radius 2 is 1.83 bits per heavy atom. The van der Waals surface area contributed by atoms with Gasteiger partial charge in [0.15, 0.2) is 17.3 Å². The summed E-state index contributed by atoms with van der Waals surface area (Å²) in [5, 5.41) is 12.8. The van der Waals surface area contributed by atoms with E-state index < -0.39 is 5.82 Å². The Hall–Kier alpha value is -2.60. The van der Waals surface area contributed by atoms with E-state index in [1.54, 1.807) is 32.5 Å². The van der Waals surface area contributed by atoms with E-state index in [1.165, 1.54) is 12.1 Å². The minimum atomic E-state index is -0.479. The van der Waals surface area contributed by atoms with Gasteiger partial charge in [-0.05, 0) is 30.3 Å². The lowest BCUT2D eigenvalue weighted by atomic mass is 10.1. The van der Waals surface area contributed by atoms with Gasteiger partial charge in [0.25, 0.3) is 0 Å². The molecule has 0 fully saturated rings. The van der Waals surface area contributed by atoms with Crippen LogP contribution in [0.5, 0.6) is 11.5 Å². The van der Waals surface area contributed by atoms with Crippen LogP contribution in [0.2, 0.25) is 5.02 Å². The third-order valence-electron chi connectivity index (χ3n) is 3.35. The van der Waals surface area contributed by atoms with Gasteiger partial charge in [-0.15, -0.1) is 5.10 Å². The van der Waals surface area contributed by atoms with Crippen molar-refractivity contribution >= 4 is 33.9 Å². The van der Waals surface area contributed by atoms with Crippen LogP contribution in [0.25, 0.3) is 10.8 Å². The zero-order valence-corrected chi connectivity index (χ0v) is 13.2. The van der Waals surface area contributed by atoms with Crippen LogP contribution in [0.15, 0.2) is 36.5 Å². The van der Waals surface area contributed by atoms with Gasteiger partial charge in [-0.25, -0.2) is 4.39 Å². The number of ether oxygens (including phenoxy) is 2. The van der Waals surface area contributed by atoms with Crippen molar-refractivity contribution in [1.82, 2.24) is 10.2 Å². The highest BCUT2D eigenvalue weighted by Gasteiger charge is 2.11. The van der Waals surface area contributed by atoms with E-state index in [1.807, 2.05) is 6.07 Å². The fraction of sp³-hybridized carbons (Fsp3) is 0.125. The predicted molar refractivity (Wildman–Crippen MR) is 87.3 cm³/mol. The first kappa shape index (κ1) is 15.3.